The van der Waals surface area contributed by atoms with Crippen LogP contribution in [0.15, 0.2) is 24.3 Å². The van der Waals surface area contributed by atoms with Gasteiger partial charge in [-0.1, -0.05) is 6.92 Å². The van der Waals surface area contributed by atoms with Crippen LogP contribution in [-0.4, -0.2) is 28.3 Å². The van der Waals surface area contributed by atoms with E-state index in [1.165, 1.54) is 29.2 Å². The summed E-state index contributed by atoms with van der Waals surface area (Å²) < 4.78 is 0. The fraction of sp³-hybridized carbons (Fsp3) is 0.385. The van der Waals surface area contributed by atoms with Crippen molar-refractivity contribution in [2.75, 3.05) is 6.54 Å². The minimum Gasteiger partial charge on any atom is -0.319 e. The Labute approximate surface area is 115 Å². The third-order valence-electron chi connectivity index (χ3n) is 3.38. The molecule has 7 nitrogen and oxygen atoms in total. The molecule has 0 radical (unpaired) electrons. The molecule has 3 amide bonds. The lowest BCUT2D eigenvalue weighted by Crippen LogP contribution is -2.40. The smallest absolute Gasteiger partial charge is 0.319 e. The molecule has 0 aromatic heterocycles. The van der Waals surface area contributed by atoms with Crippen molar-refractivity contribution in [2.24, 2.45) is 0 Å². The lowest BCUT2D eigenvalue weighted by molar-refractivity contribution is -0.384. The third kappa shape index (κ3) is 2.11. The quantitative estimate of drug-likeness (QED) is 0.515. The Morgan fingerprint density at radius 3 is 2.40 bits per heavy atom. The monoisotopic (exact) mass is 277 g/mol. The second kappa shape index (κ2) is 4.92. The summed E-state index contributed by atoms with van der Waals surface area (Å²) in [6.45, 7) is 3.83. The summed E-state index contributed by atoms with van der Waals surface area (Å²) in [5.41, 5.74) is -0.693. The van der Waals surface area contributed by atoms with Gasteiger partial charge in [-0.2, -0.15) is 0 Å². The van der Waals surface area contributed by atoms with Crippen LogP contribution in [0, 0.1) is 10.1 Å². The molecular weight excluding hydrogens is 262 g/mol. The van der Waals surface area contributed by atoms with Crippen molar-refractivity contribution < 1.29 is 14.5 Å². The van der Waals surface area contributed by atoms with Gasteiger partial charge >= 0.3 is 6.03 Å². The molecule has 1 atom stereocenters. The van der Waals surface area contributed by atoms with Crippen molar-refractivity contribution in [3.05, 3.63) is 39.9 Å². The number of carbonyl (C=O) groups excluding carboxylic acids is 2. The maximum absolute atomic E-state index is 12.4. The Kier molecular flexibility index (Phi) is 3.44. The van der Waals surface area contributed by atoms with Crippen LogP contribution in [0.3, 0.4) is 0 Å². The first kappa shape index (κ1) is 14.0. The highest BCUT2D eigenvalue weighted by Crippen LogP contribution is 2.29. The number of nitro groups is 1. The molecule has 0 spiro atoms. The molecule has 1 unspecified atom stereocenters. The number of non-ortho nitro benzene ring substituents is 1. The van der Waals surface area contributed by atoms with Gasteiger partial charge in [0.2, 0.25) is 0 Å². The standard InChI is InChI=1S/C13H15N3O4/c1-3-8-15-11(17)13(2,14-12(15)18)9-4-6-10(7-5-9)16(19)20/h4-7H,3,8H2,1-2H3,(H,14,18). The second-order valence-electron chi connectivity index (χ2n) is 4.82. The second-order valence-corrected chi connectivity index (χ2v) is 4.82. The van der Waals surface area contributed by atoms with E-state index in [4.69, 9.17) is 0 Å². The normalized spacial score (nSPS) is 22.0. The van der Waals surface area contributed by atoms with Crippen molar-refractivity contribution in [3.8, 4) is 0 Å². The Bertz CT molecular complexity index is 569. The molecule has 1 N–H and O–H groups in total. The van der Waals surface area contributed by atoms with Crippen molar-refractivity contribution in [3.63, 3.8) is 0 Å². The first-order valence-electron chi connectivity index (χ1n) is 6.29. The number of amides is 3. The highest BCUT2D eigenvalue weighted by molar-refractivity contribution is 6.07. The van der Waals surface area contributed by atoms with E-state index in [1.807, 2.05) is 6.92 Å². The highest BCUT2D eigenvalue weighted by Gasteiger charge is 2.48. The van der Waals surface area contributed by atoms with Gasteiger partial charge < -0.3 is 5.32 Å². The van der Waals surface area contributed by atoms with Gasteiger partial charge in [0.25, 0.3) is 11.6 Å². The molecule has 1 aliphatic rings. The average Bonchev–Trinajstić information content (AvgIpc) is 2.64. The first-order chi connectivity index (χ1) is 9.40. The highest BCUT2D eigenvalue weighted by atomic mass is 16.6. The Morgan fingerprint density at radius 2 is 1.90 bits per heavy atom. The van der Waals surface area contributed by atoms with Gasteiger partial charge in [-0.25, -0.2) is 4.79 Å². The van der Waals surface area contributed by atoms with Gasteiger partial charge in [-0.3, -0.25) is 19.8 Å². The SMILES string of the molecule is CCCN1C(=O)NC(C)(c2ccc([N+](=O)[O-])cc2)C1=O. The maximum Gasteiger partial charge on any atom is 0.325 e. The molecule has 0 bridgehead atoms. The molecule has 1 heterocycles. The van der Waals surface area contributed by atoms with Crippen LogP contribution in [0.5, 0.6) is 0 Å². The van der Waals surface area contributed by atoms with Crippen molar-refractivity contribution in [1.29, 1.82) is 0 Å². The van der Waals surface area contributed by atoms with Gasteiger partial charge in [0.15, 0.2) is 0 Å². The summed E-state index contributed by atoms with van der Waals surface area (Å²) in [6, 6.07) is 5.19. The molecule has 0 aliphatic carbocycles. The predicted molar refractivity (Wildman–Crippen MR) is 71.0 cm³/mol. The summed E-state index contributed by atoms with van der Waals surface area (Å²) >= 11 is 0. The molecular formula is C13H15N3O4. The number of benzene rings is 1. The fourth-order valence-electron chi connectivity index (χ4n) is 2.24. The first-order valence-corrected chi connectivity index (χ1v) is 6.29. The van der Waals surface area contributed by atoms with E-state index in [0.29, 0.717) is 18.5 Å². The van der Waals surface area contributed by atoms with Gasteiger partial charge in [0.1, 0.15) is 5.54 Å². The number of urea groups is 1. The van der Waals surface area contributed by atoms with Crippen LogP contribution in [0.1, 0.15) is 25.8 Å². The molecule has 1 fully saturated rings. The van der Waals surface area contributed by atoms with E-state index in [9.17, 15) is 19.7 Å². The minimum absolute atomic E-state index is 0.0560. The summed E-state index contributed by atoms with van der Waals surface area (Å²) in [6.07, 6.45) is 0.676. The topological polar surface area (TPSA) is 92.6 Å². The lowest BCUT2D eigenvalue weighted by Gasteiger charge is -2.22. The van der Waals surface area contributed by atoms with E-state index in [0.717, 1.165) is 0 Å². The Morgan fingerprint density at radius 1 is 1.30 bits per heavy atom. The van der Waals surface area contributed by atoms with Gasteiger partial charge in [-0.05, 0) is 31.0 Å². The molecule has 0 saturated carbocycles. The summed E-state index contributed by atoms with van der Waals surface area (Å²) in [5, 5.41) is 13.3. The lowest BCUT2D eigenvalue weighted by atomic mass is 9.92. The molecule has 1 aromatic rings. The molecule has 106 valence electrons. The van der Waals surface area contributed by atoms with E-state index in [-0.39, 0.29) is 11.6 Å². The average molecular weight is 277 g/mol. The minimum atomic E-state index is -1.17. The van der Waals surface area contributed by atoms with Gasteiger partial charge in [-0.15, -0.1) is 0 Å². The zero-order valence-electron chi connectivity index (χ0n) is 11.3. The number of hydrogen-bond acceptors (Lipinski definition) is 4. The van der Waals surface area contributed by atoms with Crippen LogP contribution < -0.4 is 5.32 Å². The van der Waals surface area contributed by atoms with Crippen molar-refractivity contribution in [2.45, 2.75) is 25.8 Å². The summed E-state index contributed by atoms with van der Waals surface area (Å²) in [7, 11) is 0. The number of rotatable bonds is 4. The van der Waals surface area contributed by atoms with Crippen LogP contribution in [0.4, 0.5) is 10.5 Å². The van der Waals surface area contributed by atoms with Crippen molar-refractivity contribution in [1.82, 2.24) is 10.2 Å². The van der Waals surface area contributed by atoms with E-state index in [1.54, 1.807) is 6.92 Å². The predicted octanol–water partition coefficient (Wildman–Crippen LogP) is 1.77. The van der Waals surface area contributed by atoms with Crippen LogP contribution in [0.25, 0.3) is 0 Å². The maximum atomic E-state index is 12.4. The number of nitro benzene ring substituents is 1. The number of carbonyl (C=O) groups is 2. The molecule has 2 rings (SSSR count). The molecule has 1 aromatic carbocycles. The molecule has 1 saturated heterocycles. The van der Waals surface area contributed by atoms with Crippen LogP contribution in [0.2, 0.25) is 0 Å². The van der Waals surface area contributed by atoms with Crippen molar-refractivity contribution >= 4 is 17.6 Å². The zero-order valence-corrected chi connectivity index (χ0v) is 11.3. The number of hydrogen-bond donors (Lipinski definition) is 1. The molecule has 20 heavy (non-hydrogen) atoms. The summed E-state index contributed by atoms with van der Waals surface area (Å²) in [4.78, 5) is 35.5. The fourth-order valence-corrected chi connectivity index (χ4v) is 2.24. The number of nitrogens with zero attached hydrogens (tertiary/aromatic N) is 2. The number of imide groups is 1. The van der Waals surface area contributed by atoms with Crippen LogP contribution in [-0.2, 0) is 10.3 Å². The number of nitrogens with one attached hydrogen (secondary N) is 1. The summed E-state index contributed by atoms with van der Waals surface area (Å²) in [5.74, 6) is -0.335. The van der Waals surface area contributed by atoms with Gasteiger partial charge in [0.05, 0.1) is 4.92 Å². The third-order valence-corrected chi connectivity index (χ3v) is 3.38. The Hall–Kier alpha value is -2.44. The Balaban J connectivity index is 2.34. The molecule has 7 heteroatoms. The van der Waals surface area contributed by atoms with E-state index < -0.39 is 16.5 Å². The van der Waals surface area contributed by atoms with Crippen LogP contribution >= 0.6 is 0 Å². The van der Waals surface area contributed by atoms with E-state index >= 15 is 0 Å². The largest absolute Gasteiger partial charge is 0.325 e. The molecule has 1 aliphatic heterocycles. The zero-order chi connectivity index (χ0) is 14.9. The van der Waals surface area contributed by atoms with E-state index in [2.05, 4.69) is 5.32 Å². The van der Waals surface area contributed by atoms with Gasteiger partial charge in [0, 0.05) is 18.7 Å².